The molecule has 2 atom stereocenters. The number of ether oxygens (including phenoxy) is 3. The Hall–Kier alpha value is -4.25. The Kier molecular flexibility index (Phi) is 7.77. The molecule has 0 bridgehead atoms. The van der Waals surface area contributed by atoms with Gasteiger partial charge < -0.3 is 24.4 Å². The molecular formula is C27H27N3O7S. The highest BCUT2D eigenvalue weighted by molar-refractivity contribution is 7.98. The fourth-order valence-corrected chi connectivity index (χ4v) is 5.07. The number of carbonyl (C=O) groups is 2. The number of fused-ring (bicyclic) bond motifs is 1. The Labute approximate surface area is 224 Å². The lowest BCUT2D eigenvalue weighted by Gasteiger charge is -2.40. The highest BCUT2D eigenvalue weighted by atomic mass is 32.2. The third-order valence-electron chi connectivity index (χ3n) is 6.57. The molecule has 0 spiro atoms. The van der Waals surface area contributed by atoms with Gasteiger partial charge in [0.1, 0.15) is 5.75 Å². The molecule has 0 unspecified atom stereocenters. The van der Waals surface area contributed by atoms with Crippen molar-refractivity contribution in [2.24, 2.45) is 0 Å². The number of nitrogens with one attached hydrogen (secondary N) is 1. The third kappa shape index (κ3) is 4.84. The number of nitro groups is 1. The van der Waals surface area contributed by atoms with Gasteiger partial charge in [0, 0.05) is 29.6 Å². The largest absolute Gasteiger partial charge is 0.495 e. The molecule has 1 N–H and O–H groups in total. The zero-order chi connectivity index (χ0) is 27.6. The Morgan fingerprint density at radius 3 is 2.18 bits per heavy atom. The summed E-state index contributed by atoms with van der Waals surface area (Å²) in [6.07, 6.45) is 1.96. The Morgan fingerprint density at radius 2 is 1.61 bits per heavy atom. The van der Waals surface area contributed by atoms with Gasteiger partial charge in [-0.3, -0.25) is 19.7 Å². The first-order valence-corrected chi connectivity index (χ1v) is 12.8. The molecule has 3 aromatic rings. The van der Waals surface area contributed by atoms with Crippen LogP contribution >= 0.6 is 11.8 Å². The molecule has 0 saturated carbocycles. The summed E-state index contributed by atoms with van der Waals surface area (Å²) in [6, 6.07) is 14.1. The van der Waals surface area contributed by atoms with Crippen molar-refractivity contribution in [1.82, 2.24) is 4.90 Å². The lowest BCUT2D eigenvalue weighted by Crippen LogP contribution is -2.44. The Morgan fingerprint density at radius 1 is 0.974 bits per heavy atom. The van der Waals surface area contributed by atoms with Crippen LogP contribution in [0.25, 0.3) is 0 Å². The molecule has 1 aliphatic rings. The number of nitro benzene ring substituents is 1. The Balaban J connectivity index is 1.89. The molecule has 198 valence electrons. The number of nitrogens with zero attached hydrogens (tertiary/aromatic N) is 2. The summed E-state index contributed by atoms with van der Waals surface area (Å²) in [7, 11) is 5.99. The predicted molar refractivity (Wildman–Crippen MR) is 144 cm³/mol. The zero-order valence-electron chi connectivity index (χ0n) is 21.5. The van der Waals surface area contributed by atoms with E-state index < -0.39 is 22.8 Å². The van der Waals surface area contributed by atoms with Crippen LogP contribution in [-0.2, 0) is 4.79 Å². The SMILES string of the molecule is COc1ccc([N+](=O)[O-])cc1NC(=O)[C@H]1c2cc(OC)c(OC)cc2C(=O)N(C)[C@H]1c1ccc(SC)cc1. The average Bonchev–Trinajstić information content (AvgIpc) is 2.93. The molecular weight excluding hydrogens is 510 g/mol. The van der Waals surface area contributed by atoms with Crippen molar-refractivity contribution in [3.63, 3.8) is 0 Å². The number of carbonyl (C=O) groups excluding carboxylic acids is 2. The van der Waals surface area contributed by atoms with Gasteiger partial charge in [-0.1, -0.05) is 12.1 Å². The lowest BCUT2D eigenvalue weighted by atomic mass is 9.79. The standard InChI is InChI=1S/C27H27N3O7S/c1-29-25(15-6-9-17(38-5)10-7-15)24(18-13-22(36-3)23(37-4)14-19(18)27(29)32)26(31)28-20-12-16(30(33)34)8-11-21(20)35-2/h6-14,24-25H,1-5H3,(H,28,31)/t24-,25-/m0/s1. The second-order valence-electron chi connectivity index (χ2n) is 8.54. The van der Waals surface area contributed by atoms with E-state index in [0.717, 1.165) is 10.5 Å². The number of hydrogen-bond donors (Lipinski definition) is 1. The molecule has 2 amide bonds. The minimum absolute atomic E-state index is 0.143. The van der Waals surface area contributed by atoms with Gasteiger partial charge in [-0.25, -0.2) is 0 Å². The van der Waals surface area contributed by atoms with E-state index in [0.29, 0.717) is 22.6 Å². The number of rotatable bonds is 8. The normalized spacial score (nSPS) is 16.4. The van der Waals surface area contributed by atoms with Gasteiger partial charge in [-0.05, 0) is 47.7 Å². The van der Waals surface area contributed by atoms with Gasteiger partial charge >= 0.3 is 0 Å². The second kappa shape index (κ2) is 11.0. The third-order valence-corrected chi connectivity index (χ3v) is 7.31. The van der Waals surface area contributed by atoms with E-state index in [9.17, 15) is 19.7 Å². The van der Waals surface area contributed by atoms with E-state index >= 15 is 0 Å². The van der Waals surface area contributed by atoms with E-state index in [2.05, 4.69) is 5.32 Å². The van der Waals surface area contributed by atoms with E-state index in [-0.39, 0.29) is 23.0 Å². The van der Waals surface area contributed by atoms with Crippen LogP contribution < -0.4 is 19.5 Å². The first kappa shape index (κ1) is 26.8. The highest BCUT2D eigenvalue weighted by Crippen LogP contribution is 2.46. The van der Waals surface area contributed by atoms with Gasteiger partial charge in [-0.15, -0.1) is 11.8 Å². The number of thioether (sulfide) groups is 1. The fourth-order valence-electron chi connectivity index (χ4n) is 4.67. The van der Waals surface area contributed by atoms with Crippen LogP contribution in [0.4, 0.5) is 11.4 Å². The molecule has 0 radical (unpaired) electrons. The minimum Gasteiger partial charge on any atom is -0.495 e. The summed E-state index contributed by atoms with van der Waals surface area (Å²) < 4.78 is 16.2. The van der Waals surface area contributed by atoms with Crippen molar-refractivity contribution < 1.29 is 28.7 Å². The molecule has 0 aromatic heterocycles. The second-order valence-corrected chi connectivity index (χ2v) is 9.42. The van der Waals surface area contributed by atoms with Crippen molar-refractivity contribution >= 4 is 35.0 Å². The maximum atomic E-state index is 14.0. The summed E-state index contributed by atoms with van der Waals surface area (Å²) in [4.78, 5) is 41.0. The first-order chi connectivity index (χ1) is 18.2. The van der Waals surface area contributed by atoms with Crippen LogP contribution in [0.15, 0.2) is 59.5 Å². The highest BCUT2D eigenvalue weighted by Gasteiger charge is 2.44. The molecule has 0 saturated heterocycles. The molecule has 4 rings (SSSR count). The molecule has 11 heteroatoms. The number of amides is 2. The number of hydrogen-bond acceptors (Lipinski definition) is 8. The molecule has 3 aromatic carbocycles. The van der Waals surface area contributed by atoms with Gasteiger partial charge in [0.15, 0.2) is 11.5 Å². The lowest BCUT2D eigenvalue weighted by molar-refractivity contribution is -0.384. The maximum absolute atomic E-state index is 14.0. The van der Waals surface area contributed by atoms with E-state index in [1.807, 2.05) is 30.5 Å². The topological polar surface area (TPSA) is 120 Å². The smallest absolute Gasteiger partial charge is 0.271 e. The van der Waals surface area contributed by atoms with Gasteiger partial charge in [0.05, 0.1) is 43.9 Å². The molecule has 10 nitrogen and oxygen atoms in total. The predicted octanol–water partition coefficient (Wildman–Crippen LogP) is 4.89. The van der Waals surface area contributed by atoms with Crippen molar-refractivity contribution in [1.29, 1.82) is 0 Å². The summed E-state index contributed by atoms with van der Waals surface area (Å²) >= 11 is 1.58. The maximum Gasteiger partial charge on any atom is 0.271 e. The summed E-state index contributed by atoms with van der Waals surface area (Å²) in [5, 5.41) is 14.2. The molecule has 0 aliphatic carbocycles. The van der Waals surface area contributed by atoms with Gasteiger partial charge in [0.2, 0.25) is 5.91 Å². The van der Waals surface area contributed by atoms with Crippen molar-refractivity contribution in [3.8, 4) is 17.2 Å². The number of benzene rings is 3. The van der Waals surface area contributed by atoms with Crippen molar-refractivity contribution in [2.45, 2.75) is 16.9 Å². The van der Waals surface area contributed by atoms with Crippen LogP contribution in [-0.4, -0.2) is 56.3 Å². The van der Waals surface area contributed by atoms with Crippen molar-refractivity contribution in [2.75, 3.05) is 39.9 Å². The monoisotopic (exact) mass is 537 g/mol. The van der Waals surface area contributed by atoms with E-state index in [1.54, 1.807) is 30.9 Å². The number of likely N-dealkylation sites (N-methyl/N-ethyl adjacent to an activating group) is 1. The summed E-state index contributed by atoms with van der Waals surface area (Å²) in [5.41, 5.74) is 1.45. The van der Waals surface area contributed by atoms with Crippen molar-refractivity contribution in [3.05, 3.63) is 81.4 Å². The number of methoxy groups -OCH3 is 3. The fraction of sp³-hybridized carbons (Fsp3) is 0.259. The molecule has 38 heavy (non-hydrogen) atoms. The quantitative estimate of drug-likeness (QED) is 0.245. The van der Waals surface area contributed by atoms with Crippen LogP contribution in [0.5, 0.6) is 17.2 Å². The van der Waals surface area contributed by atoms with Crippen LogP contribution in [0, 0.1) is 10.1 Å². The summed E-state index contributed by atoms with van der Waals surface area (Å²) in [5.74, 6) is -0.664. The van der Waals surface area contributed by atoms with Crippen LogP contribution in [0.1, 0.15) is 33.4 Å². The number of non-ortho nitro benzene ring substituents is 1. The molecule has 0 fully saturated rings. The van der Waals surface area contributed by atoms with E-state index in [4.69, 9.17) is 14.2 Å². The van der Waals surface area contributed by atoms with Crippen LogP contribution in [0.2, 0.25) is 0 Å². The Bertz CT molecular complexity index is 1390. The molecule has 1 heterocycles. The zero-order valence-corrected chi connectivity index (χ0v) is 22.3. The average molecular weight is 538 g/mol. The molecule has 1 aliphatic heterocycles. The van der Waals surface area contributed by atoms with Gasteiger partial charge in [-0.2, -0.15) is 0 Å². The minimum atomic E-state index is -0.892. The summed E-state index contributed by atoms with van der Waals surface area (Å²) in [6.45, 7) is 0. The first-order valence-electron chi connectivity index (χ1n) is 11.5. The van der Waals surface area contributed by atoms with E-state index in [1.165, 1.54) is 44.4 Å². The van der Waals surface area contributed by atoms with Gasteiger partial charge in [0.25, 0.3) is 11.6 Å². The number of anilines is 1. The van der Waals surface area contributed by atoms with Crippen LogP contribution in [0.3, 0.4) is 0 Å².